The fourth-order valence-corrected chi connectivity index (χ4v) is 0.618. The van der Waals surface area contributed by atoms with Gasteiger partial charge < -0.3 is 35.4 Å². The second kappa shape index (κ2) is 10.7. The van der Waals surface area contributed by atoms with Gasteiger partial charge in [0.05, 0.1) is 13.2 Å². The molecule has 0 aliphatic rings. The Bertz CT molecular complexity index is 185. The first-order valence-electron chi connectivity index (χ1n) is 4.46. The molecular formula is C9H18O7. The molecule has 4 unspecified atom stereocenters. The van der Waals surface area contributed by atoms with Crippen LogP contribution in [0.5, 0.6) is 0 Å². The van der Waals surface area contributed by atoms with Crippen LogP contribution in [0, 0.1) is 0 Å². The summed E-state index contributed by atoms with van der Waals surface area (Å²) >= 11 is 0. The van der Waals surface area contributed by atoms with E-state index in [4.69, 9.17) is 30.6 Å². The van der Waals surface area contributed by atoms with Crippen molar-refractivity contribution in [1.29, 1.82) is 0 Å². The number of rotatable bonds is 6. The fraction of sp³-hybridized carbons (Fsp3) is 0.667. The number of aldehydes is 1. The van der Waals surface area contributed by atoms with Crippen molar-refractivity contribution in [2.24, 2.45) is 0 Å². The molecule has 0 saturated heterocycles. The SMILES string of the molecule is C=CCO.O=CC(O)C(O)C(O)C(O)CO. The lowest BCUT2D eigenvalue weighted by Gasteiger charge is -2.22. The number of hydrogen-bond acceptors (Lipinski definition) is 7. The predicted octanol–water partition coefficient (Wildman–Crippen LogP) is -3.21. The van der Waals surface area contributed by atoms with Crippen LogP contribution in [0.25, 0.3) is 0 Å². The average molecular weight is 238 g/mol. The molecule has 0 amide bonds. The van der Waals surface area contributed by atoms with Gasteiger partial charge in [-0.1, -0.05) is 6.08 Å². The largest absolute Gasteiger partial charge is 0.394 e. The zero-order chi connectivity index (χ0) is 13.1. The molecule has 7 nitrogen and oxygen atoms in total. The molecule has 0 rings (SSSR count). The highest BCUT2D eigenvalue weighted by Gasteiger charge is 2.29. The molecule has 96 valence electrons. The number of aliphatic hydroxyl groups is 6. The molecule has 0 heterocycles. The Morgan fingerprint density at radius 3 is 1.75 bits per heavy atom. The van der Waals surface area contributed by atoms with Crippen molar-refractivity contribution in [3.8, 4) is 0 Å². The Kier molecular flexibility index (Phi) is 11.7. The third kappa shape index (κ3) is 7.46. The Morgan fingerprint density at radius 2 is 1.50 bits per heavy atom. The predicted molar refractivity (Wildman–Crippen MR) is 54.5 cm³/mol. The van der Waals surface area contributed by atoms with E-state index >= 15 is 0 Å². The maximum absolute atomic E-state index is 9.90. The third-order valence-electron chi connectivity index (χ3n) is 1.55. The Balaban J connectivity index is 0. The minimum absolute atomic E-state index is 0.0258. The smallest absolute Gasteiger partial charge is 0.151 e. The van der Waals surface area contributed by atoms with E-state index in [2.05, 4.69) is 6.58 Å². The molecule has 0 fully saturated rings. The monoisotopic (exact) mass is 238 g/mol. The van der Waals surface area contributed by atoms with Crippen molar-refractivity contribution in [3.05, 3.63) is 12.7 Å². The minimum Gasteiger partial charge on any atom is -0.394 e. The Labute approximate surface area is 92.9 Å². The quantitative estimate of drug-likeness (QED) is 0.211. The van der Waals surface area contributed by atoms with Crippen LogP contribution in [0.2, 0.25) is 0 Å². The van der Waals surface area contributed by atoms with Gasteiger partial charge in [0.2, 0.25) is 0 Å². The summed E-state index contributed by atoms with van der Waals surface area (Å²) in [4.78, 5) is 9.90. The maximum Gasteiger partial charge on any atom is 0.151 e. The molecule has 0 aromatic heterocycles. The van der Waals surface area contributed by atoms with Gasteiger partial charge in [-0.15, -0.1) is 6.58 Å². The normalized spacial score (nSPS) is 17.4. The third-order valence-corrected chi connectivity index (χ3v) is 1.55. The molecule has 0 radical (unpaired) electrons. The number of aliphatic hydroxyl groups excluding tert-OH is 6. The summed E-state index contributed by atoms with van der Waals surface area (Å²) in [6, 6.07) is 0. The molecule has 0 saturated carbocycles. The van der Waals surface area contributed by atoms with E-state index in [-0.39, 0.29) is 12.9 Å². The second-order valence-electron chi connectivity index (χ2n) is 2.83. The van der Waals surface area contributed by atoms with Crippen molar-refractivity contribution in [2.45, 2.75) is 24.4 Å². The number of hydrogen-bond donors (Lipinski definition) is 6. The lowest BCUT2D eigenvalue weighted by molar-refractivity contribution is -0.136. The molecular weight excluding hydrogens is 220 g/mol. The van der Waals surface area contributed by atoms with Crippen LogP contribution in [-0.4, -0.2) is 74.6 Å². The highest BCUT2D eigenvalue weighted by Crippen LogP contribution is 2.02. The molecule has 0 aliphatic carbocycles. The summed E-state index contributed by atoms with van der Waals surface area (Å²) in [6.07, 6.45) is -5.41. The lowest BCUT2D eigenvalue weighted by Crippen LogP contribution is -2.46. The molecule has 0 aliphatic heterocycles. The van der Waals surface area contributed by atoms with E-state index in [0.29, 0.717) is 0 Å². The fourth-order valence-electron chi connectivity index (χ4n) is 0.618. The molecule has 0 aromatic rings. The zero-order valence-corrected chi connectivity index (χ0v) is 8.68. The summed E-state index contributed by atoms with van der Waals surface area (Å²) in [5.41, 5.74) is 0. The van der Waals surface area contributed by atoms with E-state index in [1.54, 1.807) is 0 Å². The maximum atomic E-state index is 9.90. The van der Waals surface area contributed by atoms with E-state index < -0.39 is 31.0 Å². The van der Waals surface area contributed by atoms with Crippen LogP contribution in [0.1, 0.15) is 0 Å². The van der Waals surface area contributed by atoms with Crippen LogP contribution in [0.4, 0.5) is 0 Å². The zero-order valence-electron chi connectivity index (χ0n) is 8.68. The lowest BCUT2D eigenvalue weighted by atomic mass is 10.0. The molecule has 7 heteroatoms. The van der Waals surface area contributed by atoms with Crippen molar-refractivity contribution < 1.29 is 35.4 Å². The number of carbonyl (C=O) groups excluding carboxylic acids is 1. The van der Waals surface area contributed by atoms with Crippen LogP contribution in [0.3, 0.4) is 0 Å². The van der Waals surface area contributed by atoms with E-state index in [1.807, 2.05) is 0 Å². The average Bonchev–Trinajstić information content (AvgIpc) is 2.34. The summed E-state index contributed by atoms with van der Waals surface area (Å²) in [6.45, 7) is 2.55. The van der Waals surface area contributed by atoms with Crippen molar-refractivity contribution in [2.75, 3.05) is 13.2 Å². The summed E-state index contributed by atoms with van der Waals surface area (Å²) in [5, 5.41) is 51.3. The number of carbonyl (C=O) groups is 1. The van der Waals surface area contributed by atoms with Gasteiger partial charge in [-0.25, -0.2) is 0 Å². The van der Waals surface area contributed by atoms with Gasteiger partial charge in [0, 0.05) is 0 Å². The summed E-state index contributed by atoms with van der Waals surface area (Å²) in [5.74, 6) is 0. The standard InChI is InChI=1S/C6H12O6.C3H6O/c7-1-3(9)5(11)6(12)4(10)2-8;1-2-3-4/h1,3-6,8-12H,2H2;2,4H,1,3H2. The molecule has 0 aromatic carbocycles. The van der Waals surface area contributed by atoms with Gasteiger partial charge in [0.15, 0.2) is 6.29 Å². The van der Waals surface area contributed by atoms with Crippen LogP contribution in [-0.2, 0) is 4.79 Å². The van der Waals surface area contributed by atoms with Gasteiger partial charge >= 0.3 is 0 Å². The molecule has 16 heavy (non-hydrogen) atoms. The van der Waals surface area contributed by atoms with E-state index in [0.717, 1.165) is 0 Å². The molecule has 0 bridgehead atoms. The van der Waals surface area contributed by atoms with Gasteiger partial charge in [0.1, 0.15) is 24.4 Å². The first-order valence-corrected chi connectivity index (χ1v) is 4.46. The van der Waals surface area contributed by atoms with Gasteiger partial charge in [0.25, 0.3) is 0 Å². The first kappa shape index (κ1) is 17.6. The van der Waals surface area contributed by atoms with Crippen molar-refractivity contribution >= 4 is 6.29 Å². The van der Waals surface area contributed by atoms with E-state index in [9.17, 15) is 4.79 Å². The van der Waals surface area contributed by atoms with Crippen LogP contribution < -0.4 is 0 Å². The summed E-state index contributed by atoms with van der Waals surface area (Å²) in [7, 11) is 0. The second-order valence-corrected chi connectivity index (χ2v) is 2.83. The van der Waals surface area contributed by atoms with Gasteiger partial charge in [-0.3, -0.25) is 0 Å². The highest BCUT2D eigenvalue weighted by molar-refractivity contribution is 5.56. The van der Waals surface area contributed by atoms with Gasteiger partial charge in [-0.05, 0) is 0 Å². The van der Waals surface area contributed by atoms with Crippen molar-refractivity contribution in [1.82, 2.24) is 0 Å². The topological polar surface area (TPSA) is 138 Å². The molecule has 4 atom stereocenters. The van der Waals surface area contributed by atoms with Crippen LogP contribution >= 0.6 is 0 Å². The van der Waals surface area contributed by atoms with Crippen LogP contribution in [0.15, 0.2) is 12.7 Å². The minimum atomic E-state index is -1.79. The van der Waals surface area contributed by atoms with Crippen molar-refractivity contribution in [3.63, 3.8) is 0 Å². The summed E-state index contributed by atoms with van der Waals surface area (Å²) < 4.78 is 0. The van der Waals surface area contributed by atoms with Gasteiger partial charge in [-0.2, -0.15) is 0 Å². The Morgan fingerprint density at radius 1 is 1.06 bits per heavy atom. The Hall–Kier alpha value is -0.830. The molecule has 0 spiro atoms. The highest BCUT2D eigenvalue weighted by atomic mass is 16.4. The first-order chi connectivity index (χ1) is 7.45. The van der Waals surface area contributed by atoms with E-state index in [1.165, 1.54) is 6.08 Å². The molecule has 6 N–H and O–H groups in total.